The predicted molar refractivity (Wildman–Crippen MR) is 48.2 cm³/mol. The highest BCUT2D eigenvalue weighted by Crippen LogP contribution is 2.19. The molecule has 0 spiro atoms. The van der Waals surface area contributed by atoms with Crippen LogP contribution in [0.5, 0.6) is 0 Å². The van der Waals surface area contributed by atoms with Crippen molar-refractivity contribution in [3.05, 3.63) is 0 Å². The highest BCUT2D eigenvalue weighted by molar-refractivity contribution is 4.84. The third-order valence-corrected chi connectivity index (χ3v) is 2.30. The van der Waals surface area contributed by atoms with Gasteiger partial charge in [0.2, 0.25) is 0 Å². The van der Waals surface area contributed by atoms with Gasteiger partial charge in [0.15, 0.2) is 0 Å². The smallest absolute Gasteiger partial charge is 0.0645 e. The van der Waals surface area contributed by atoms with Gasteiger partial charge in [-0.15, -0.1) is 0 Å². The highest BCUT2D eigenvalue weighted by Gasteiger charge is 2.30. The molecule has 0 amide bonds. The molecule has 1 fully saturated rings. The van der Waals surface area contributed by atoms with Crippen LogP contribution in [0.1, 0.15) is 20.8 Å². The normalized spacial score (nSPS) is 27.5. The van der Waals surface area contributed by atoms with Crippen LogP contribution in [-0.4, -0.2) is 48.0 Å². The molecule has 0 aromatic heterocycles. The standard InChI is InChI=1S/C9H19NO2/c1-9(2,3)10-4-5-12-7-8(10)6-11/h8,11H,4-7H2,1-3H3/t8-/m0/s1. The van der Waals surface area contributed by atoms with E-state index in [0.29, 0.717) is 6.61 Å². The van der Waals surface area contributed by atoms with Crippen molar-refractivity contribution in [3.63, 3.8) is 0 Å². The van der Waals surface area contributed by atoms with Crippen LogP contribution in [-0.2, 0) is 4.74 Å². The maximum atomic E-state index is 9.10. The molecule has 1 aliphatic rings. The predicted octanol–water partition coefficient (Wildman–Crippen LogP) is 0.478. The summed E-state index contributed by atoms with van der Waals surface area (Å²) in [6.07, 6.45) is 0. The first-order valence-electron chi connectivity index (χ1n) is 4.51. The Balaban J connectivity index is 2.59. The Morgan fingerprint density at radius 1 is 1.50 bits per heavy atom. The molecule has 0 radical (unpaired) electrons. The van der Waals surface area contributed by atoms with E-state index in [1.54, 1.807) is 0 Å². The largest absolute Gasteiger partial charge is 0.395 e. The van der Waals surface area contributed by atoms with Crippen LogP contribution in [0.15, 0.2) is 0 Å². The van der Waals surface area contributed by atoms with Gasteiger partial charge in [-0.1, -0.05) is 0 Å². The van der Waals surface area contributed by atoms with E-state index >= 15 is 0 Å². The van der Waals surface area contributed by atoms with Crippen LogP contribution in [0.4, 0.5) is 0 Å². The van der Waals surface area contributed by atoms with Crippen molar-refractivity contribution in [3.8, 4) is 0 Å². The lowest BCUT2D eigenvalue weighted by Gasteiger charge is -2.43. The van der Waals surface area contributed by atoms with Crippen molar-refractivity contribution < 1.29 is 9.84 Å². The Morgan fingerprint density at radius 3 is 2.58 bits per heavy atom. The molecule has 0 aromatic rings. The van der Waals surface area contributed by atoms with Gasteiger partial charge in [-0.2, -0.15) is 0 Å². The molecule has 0 bridgehead atoms. The van der Waals surface area contributed by atoms with Gasteiger partial charge in [0.1, 0.15) is 0 Å². The Bertz CT molecular complexity index is 142. The molecule has 0 unspecified atom stereocenters. The summed E-state index contributed by atoms with van der Waals surface area (Å²) in [6, 6.07) is 0.179. The van der Waals surface area contributed by atoms with E-state index in [1.165, 1.54) is 0 Å². The van der Waals surface area contributed by atoms with Gasteiger partial charge in [0.05, 0.1) is 25.9 Å². The number of hydrogen-bond donors (Lipinski definition) is 1. The molecule has 1 N–H and O–H groups in total. The van der Waals surface area contributed by atoms with Crippen molar-refractivity contribution in [1.82, 2.24) is 4.90 Å². The first-order chi connectivity index (χ1) is 5.55. The van der Waals surface area contributed by atoms with Crippen molar-refractivity contribution >= 4 is 0 Å². The Morgan fingerprint density at radius 2 is 2.17 bits per heavy atom. The lowest BCUT2D eigenvalue weighted by atomic mass is 10.0. The summed E-state index contributed by atoms with van der Waals surface area (Å²) in [5, 5.41) is 9.10. The number of nitrogens with zero attached hydrogens (tertiary/aromatic N) is 1. The van der Waals surface area contributed by atoms with Crippen LogP contribution >= 0.6 is 0 Å². The van der Waals surface area contributed by atoms with Crippen LogP contribution in [0.2, 0.25) is 0 Å². The summed E-state index contributed by atoms with van der Waals surface area (Å²) >= 11 is 0. The topological polar surface area (TPSA) is 32.7 Å². The molecular weight excluding hydrogens is 154 g/mol. The molecule has 0 aromatic carbocycles. The minimum absolute atomic E-state index is 0.136. The maximum absolute atomic E-state index is 9.10. The quantitative estimate of drug-likeness (QED) is 0.626. The average molecular weight is 173 g/mol. The van der Waals surface area contributed by atoms with Crippen molar-refractivity contribution in [2.24, 2.45) is 0 Å². The molecule has 1 aliphatic heterocycles. The van der Waals surface area contributed by atoms with Gasteiger partial charge < -0.3 is 9.84 Å². The third-order valence-electron chi connectivity index (χ3n) is 2.30. The van der Waals surface area contributed by atoms with Gasteiger partial charge in [-0.25, -0.2) is 0 Å². The average Bonchev–Trinajstić information content (AvgIpc) is 2.03. The SMILES string of the molecule is CC(C)(C)N1CCOC[C@@H]1CO. The zero-order valence-corrected chi connectivity index (χ0v) is 8.21. The fourth-order valence-corrected chi connectivity index (χ4v) is 1.69. The molecule has 0 aliphatic carbocycles. The molecule has 1 atom stereocenters. The lowest BCUT2D eigenvalue weighted by molar-refractivity contribution is -0.0656. The number of morpholine rings is 1. The minimum atomic E-state index is 0.136. The monoisotopic (exact) mass is 173 g/mol. The van der Waals surface area contributed by atoms with Crippen molar-refractivity contribution in [1.29, 1.82) is 0 Å². The summed E-state index contributed by atoms with van der Waals surface area (Å²) in [7, 11) is 0. The molecule has 3 heteroatoms. The first kappa shape index (κ1) is 9.96. The van der Waals surface area contributed by atoms with E-state index in [9.17, 15) is 0 Å². The molecule has 3 nitrogen and oxygen atoms in total. The zero-order valence-electron chi connectivity index (χ0n) is 8.21. The van der Waals surface area contributed by atoms with Crippen molar-refractivity contribution in [2.45, 2.75) is 32.4 Å². The molecule has 0 saturated carbocycles. The van der Waals surface area contributed by atoms with Crippen molar-refractivity contribution in [2.75, 3.05) is 26.4 Å². The summed E-state index contributed by atoms with van der Waals surface area (Å²) in [5.74, 6) is 0. The second-order valence-electron chi connectivity index (χ2n) is 4.28. The number of rotatable bonds is 1. The highest BCUT2D eigenvalue weighted by atomic mass is 16.5. The Hall–Kier alpha value is -0.120. The van der Waals surface area contributed by atoms with Crippen LogP contribution in [0.3, 0.4) is 0 Å². The summed E-state index contributed by atoms with van der Waals surface area (Å²) in [6.45, 7) is 9.07. The fraction of sp³-hybridized carbons (Fsp3) is 1.00. The van der Waals surface area contributed by atoms with E-state index in [4.69, 9.17) is 9.84 Å². The second kappa shape index (κ2) is 3.73. The summed E-state index contributed by atoms with van der Waals surface area (Å²) in [5.41, 5.74) is 0.136. The number of hydrogen-bond acceptors (Lipinski definition) is 3. The van der Waals surface area contributed by atoms with Crippen LogP contribution in [0.25, 0.3) is 0 Å². The second-order valence-corrected chi connectivity index (χ2v) is 4.28. The Labute approximate surface area is 74.3 Å². The molecule has 1 rings (SSSR count). The zero-order chi connectivity index (χ0) is 9.19. The first-order valence-corrected chi connectivity index (χ1v) is 4.51. The molecule has 1 heterocycles. The van der Waals surface area contributed by atoms with Gasteiger partial charge in [-0.3, -0.25) is 4.90 Å². The molecular formula is C9H19NO2. The fourth-order valence-electron chi connectivity index (χ4n) is 1.69. The van der Waals surface area contributed by atoms with Gasteiger partial charge in [-0.05, 0) is 20.8 Å². The van der Waals surface area contributed by atoms with Gasteiger partial charge in [0, 0.05) is 12.1 Å². The third kappa shape index (κ3) is 2.19. The summed E-state index contributed by atoms with van der Waals surface area (Å²) in [4.78, 5) is 2.30. The number of aliphatic hydroxyl groups excluding tert-OH is 1. The Kier molecular flexibility index (Phi) is 3.09. The van der Waals surface area contributed by atoms with E-state index in [0.717, 1.165) is 13.2 Å². The molecule has 72 valence electrons. The molecule has 1 saturated heterocycles. The number of ether oxygens (including phenoxy) is 1. The summed E-state index contributed by atoms with van der Waals surface area (Å²) < 4.78 is 5.30. The van der Waals surface area contributed by atoms with E-state index in [-0.39, 0.29) is 18.2 Å². The van der Waals surface area contributed by atoms with E-state index in [2.05, 4.69) is 25.7 Å². The van der Waals surface area contributed by atoms with E-state index in [1.807, 2.05) is 0 Å². The van der Waals surface area contributed by atoms with Crippen LogP contribution < -0.4 is 0 Å². The van der Waals surface area contributed by atoms with Gasteiger partial charge in [0.25, 0.3) is 0 Å². The van der Waals surface area contributed by atoms with Gasteiger partial charge >= 0.3 is 0 Å². The lowest BCUT2D eigenvalue weighted by Crippen LogP contribution is -2.55. The van der Waals surface area contributed by atoms with Crippen LogP contribution in [0, 0.1) is 0 Å². The minimum Gasteiger partial charge on any atom is -0.395 e. The molecule has 12 heavy (non-hydrogen) atoms. The maximum Gasteiger partial charge on any atom is 0.0645 e. The van der Waals surface area contributed by atoms with E-state index < -0.39 is 0 Å². The number of aliphatic hydroxyl groups is 1.